The van der Waals surface area contributed by atoms with E-state index in [0.29, 0.717) is 28.0 Å². The quantitative estimate of drug-likeness (QED) is 0.461. The lowest BCUT2D eigenvalue weighted by Gasteiger charge is -2.12. The predicted molar refractivity (Wildman–Crippen MR) is 111 cm³/mol. The second-order valence-electron chi connectivity index (χ2n) is 6.66. The van der Waals surface area contributed by atoms with Gasteiger partial charge in [0, 0.05) is 24.2 Å². The Morgan fingerprint density at radius 2 is 1.77 bits per heavy atom. The molecule has 0 saturated heterocycles. The number of esters is 1. The van der Waals surface area contributed by atoms with Gasteiger partial charge in [-0.05, 0) is 24.3 Å². The largest absolute Gasteiger partial charge is 0.460 e. The Hall–Kier alpha value is -4.00. The lowest BCUT2D eigenvalue weighted by atomic mass is 10.1. The number of fused-ring (bicyclic) bond motifs is 1. The maximum absolute atomic E-state index is 12.5. The number of carbonyl (C=O) groups excluding carboxylic acids is 1. The summed E-state index contributed by atoms with van der Waals surface area (Å²) in [5, 5.41) is 5.41. The summed E-state index contributed by atoms with van der Waals surface area (Å²) in [6.07, 6.45) is 3.23. The van der Waals surface area contributed by atoms with Gasteiger partial charge in [-0.2, -0.15) is 5.10 Å². The highest BCUT2D eigenvalue weighted by Crippen LogP contribution is 2.25. The molecule has 0 atom stereocenters. The van der Waals surface area contributed by atoms with Gasteiger partial charge in [0.05, 0.1) is 23.7 Å². The minimum Gasteiger partial charge on any atom is -0.460 e. The highest BCUT2D eigenvalue weighted by atomic mass is 16.5. The van der Waals surface area contributed by atoms with Crippen molar-refractivity contribution in [1.82, 2.24) is 14.8 Å². The molecule has 0 aliphatic rings. The second-order valence-corrected chi connectivity index (χ2v) is 6.66. The number of nitrogens with zero attached hydrogens (tertiary/aromatic N) is 3. The molecule has 0 aliphatic carbocycles. The van der Waals surface area contributed by atoms with Gasteiger partial charge in [-0.3, -0.25) is 14.6 Å². The third-order valence-electron chi connectivity index (χ3n) is 4.57. The SMILES string of the molecule is Cn1nc(CC(=O)OCc2ccccc2Oc2cccnc2)c2ccccc2c1=O. The van der Waals surface area contributed by atoms with Crippen molar-refractivity contribution in [3.05, 3.63) is 94.7 Å². The van der Waals surface area contributed by atoms with E-state index in [1.807, 2.05) is 24.3 Å². The molecule has 0 unspecified atom stereocenters. The van der Waals surface area contributed by atoms with Crippen LogP contribution in [0.1, 0.15) is 11.3 Å². The van der Waals surface area contributed by atoms with Crippen molar-refractivity contribution in [3.63, 3.8) is 0 Å². The van der Waals surface area contributed by atoms with Crippen molar-refractivity contribution in [2.45, 2.75) is 13.0 Å². The predicted octanol–water partition coefficient (Wildman–Crippen LogP) is 3.41. The number of rotatable bonds is 6. The van der Waals surface area contributed by atoms with E-state index >= 15 is 0 Å². The average Bonchev–Trinajstić information content (AvgIpc) is 2.77. The van der Waals surface area contributed by atoms with E-state index in [0.717, 1.165) is 5.56 Å². The fourth-order valence-corrected chi connectivity index (χ4v) is 3.11. The van der Waals surface area contributed by atoms with E-state index in [4.69, 9.17) is 9.47 Å². The summed E-state index contributed by atoms with van der Waals surface area (Å²) in [7, 11) is 1.57. The Labute approximate surface area is 172 Å². The van der Waals surface area contributed by atoms with E-state index in [1.54, 1.807) is 55.8 Å². The summed E-state index contributed by atoms with van der Waals surface area (Å²) in [6, 6.07) is 18.0. The smallest absolute Gasteiger partial charge is 0.312 e. The maximum Gasteiger partial charge on any atom is 0.312 e. The van der Waals surface area contributed by atoms with Crippen LogP contribution in [0, 0.1) is 0 Å². The van der Waals surface area contributed by atoms with Gasteiger partial charge in [-0.1, -0.05) is 36.4 Å². The first-order valence-electron chi connectivity index (χ1n) is 9.38. The van der Waals surface area contributed by atoms with Crippen LogP contribution in [0.15, 0.2) is 77.9 Å². The van der Waals surface area contributed by atoms with Gasteiger partial charge in [0.25, 0.3) is 5.56 Å². The number of aryl methyl sites for hydroxylation is 1. The molecule has 4 rings (SSSR count). The number of para-hydroxylation sites is 1. The molecule has 2 heterocycles. The Bertz CT molecular complexity index is 1250. The van der Waals surface area contributed by atoms with Crippen LogP contribution in [-0.2, 0) is 29.6 Å². The second kappa shape index (κ2) is 8.57. The van der Waals surface area contributed by atoms with Crippen molar-refractivity contribution in [3.8, 4) is 11.5 Å². The van der Waals surface area contributed by atoms with Crippen molar-refractivity contribution in [2.24, 2.45) is 7.05 Å². The highest BCUT2D eigenvalue weighted by Gasteiger charge is 2.14. The summed E-state index contributed by atoms with van der Waals surface area (Å²) in [5.41, 5.74) is 1.02. The zero-order chi connectivity index (χ0) is 20.9. The molecule has 0 N–H and O–H groups in total. The zero-order valence-electron chi connectivity index (χ0n) is 16.3. The topological polar surface area (TPSA) is 83.3 Å². The number of carbonyl (C=O) groups is 1. The van der Waals surface area contributed by atoms with Crippen LogP contribution in [0.5, 0.6) is 11.5 Å². The molecular weight excluding hydrogens is 382 g/mol. The van der Waals surface area contributed by atoms with Gasteiger partial charge >= 0.3 is 5.97 Å². The molecule has 0 fully saturated rings. The number of hydrogen-bond donors (Lipinski definition) is 0. The summed E-state index contributed by atoms with van der Waals surface area (Å²) in [5.74, 6) is 0.739. The molecule has 0 amide bonds. The molecule has 0 radical (unpaired) electrons. The maximum atomic E-state index is 12.5. The van der Waals surface area contributed by atoms with Gasteiger partial charge < -0.3 is 9.47 Å². The summed E-state index contributed by atoms with van der Waals surface area (Å²) in [4.78, 5) is 28.8. The van der Waals surface area contributed by atoms with Gasteiger partial charge in [0.2, 0.25) is 0 Å². The van der Waals surface area contributed by atoms with E-state index in [-0.39, 0.29) is 18.6 Å². The minimum absolute atomic E-state index is 0.0414. The molecule has 4 aromatic rings. The molecule has 150 valence electrons. The average molecular weight is 401 g/mol. The van der Waals surface area contributed by atoms with Crippen molar-refractivity contribution in [2.75, 3.05) is 0 Å². The van der Waals surface area contributed by atoms with Crippen LogP contribution in [0.2, 0.25) is 0 Å². The summed E-state index contributed by atoms with van der Waals surface area (Å²) >= 11 is 0. The number of benzene rings is 2. The van der Waals surface area contributed by atoms with Crippen LogP contribution < -0.4 is 10.3 Å². The number of hydrogen-bond acceptors (Lipinski definition) is 6. The highest BCUT2D eigenvalue weighted by molar-refractivity contribution is 5.86. The number of ether oxygens (including phenoxy) is 2. The summed E-state index contributed by atoms with van der Waals surface area (Å²) < 4.78 is 12.5. The third kappa shape index (κ3) is 4.20. The van der Waals surface area contributed by atoms with Crippen LogP contribution in [0.4, 0.5) is 0 Å². The van der Waals surface area contributed by atoms with Gasteiger partial charge in [0.15, 0.2) is 0 Å². The molecule has 2 aromatic carbocycles. The number of pyridine rings is 1. The molecule has 0 bridgehead atoms. The zero-order valence-corrected chi connectivity index (χ0v) is 16.3. The molecule has 7 heteroatoms. The fraction of sp³-hybridized carbons (Fsp3) is 0.130. The molecule has 0 spiro atoms. The van der Waals surface area contributed by atoms with E-state index < -0.39 is 5.97 Å². The monoisotopic (exact) mass is 401 g/mol. The Morgan fingerprint density at radius 3 is 2.57 bits per heavy atom. The Balaban J connectivity index is 1.49. The Morgan fingerprint density at radius 1 is 1.00 bits per heavy atom. The lowest BCUT2D eigenvalue weighted by molar-refractivity contribution is -0.144. The van der Waals surface area contributed by atoms with Gasteiger partial charge in [-0.15, -0.1) is 0 Å². The van der Waals surface area contributed by atoms with E-state index in [1.165, 1.54) is 4.68 Å². The van der Waals surface area contributed by atoms with Crippen LogP contribution in [-0.4, -0.2) is 20.7 Å². The number of aromatic nitrogens is 3. The van der Waals surface area contributed by atoms with Crippen LogP contribution >= 0.6 is 0 Å². The van der Waals surface area contributed by atoms with Crippen LogP contribution in [0.25, 0.3) is 10.8 Å². The third-order valence-corrected chi connectivity index (χ3v) is 4.57. The van der Waals surface area contributed by atoms with Crippen molar-refractivity contribution < 1.29 is 14.3 Å². The summed E-state index contributed by atoms with van der Waals surface area (Å²) in [6.45, 7) is 0.0545. The molecular formula is C23H19N3O4. The van der Waals surface area contributed by atoms with Gasteiger partial charge in [0.1, 0.15) is 18.1 Å². The lowest BCUT2D eigenvalue weighted by Crippen LogP contribution is -2.22. The first-order valence-corrected chi connectivity index (χ1v) is 9.38. The van der Waals surface area contributed by atoms with Crippen molar-refractivity contribution >= 4 is 16.7 Å². The fourth-order valence-electron chi connectivity index (χ4n) is 3.11. The molecule has 30 heavy (non-hydrogen) atoms. The van der Waals surface area contributed by atoms with Crippen molar-refractivity contribution in [1.29, 1.82) is 0 Å². The van der Waals surface area contributed by atoms with Crippen LogP contribution in [0.3, 0.4) is 0 Å². The Kier molecular flexibility index (Phi) is 5.52. The molecule has 7 nitrogen and oxygen atoms in total. The first-order chi connectivity index (χ1) is 14.6. The van der Waals surface area contributed by atoms with Gasteiger partial charge in [-0.25, -0.2) is 4.68 Å². The first kappa shape index (κ1) is 19.3. The van der Waals surface area contributed by atoms with E-state index in [9.17, 15) is 9.59 Å². The molecule has 0 saturated carbocycles. The standard InChI is InChI=1S/C23H19N3O4/c1-26-23(28)19-10-4-3-9-18(19)20(25-26)13-22(27)29-15-16-7-2-5-11-21(16)30-17-8-6-12-24-14-17/h2-12,14H,13,15H2,1H3. The minimum atomic E-state index is -0.442. The normalized spacial score (nSPS) is 10.7. The molecule has 2 aromatic heterocycles. The molecule has 0 aliphatic heterocycles. The van der Waals surface area contributed by atoms with E-state index in [2.05, 4.69) is 10.1 Å².